The lowest BCUT2D eigenvalue weighted by molar-refractivity contribution is 0.572. The monoisotopic (exact) mass is 321 g/mol. The molecule has 0 saturated carbocycles. The normalized spacial score (nSPS) is 12.5. The molecule has 0 bridgehead atoms. The summed E-state index contributed by atoms with van der Waals surface area (Å²) in [6, 6.07) is 10.5. The number of nitrogens with one attached hydrogen (secondary N) is 1. The Bertz CT molecular complexity index is 627. The number of halogens is 2. The summed E-state index contributed by atoms with van der Waals surface area (Å²) < 4.78 is 0. The van der Waals surface area contributed by atoms with Crippen molar-refractivity contribution >= 4 is 23.2 Å². The fraction of sp³-hybridized carbons (Fsp3) is 0.333. The summed E-state index contributed by atoms with van der Waals surface area (Å²) in [4.78, 5) is 0. The van der Waals surface area contributed by atoms with Crippen molar-refractivity contribution in [3.05, 3.63) is 68.2 Å². The van der Waals surface area contributed by atoms with Crippen molar-refractivity contribution in [2.45, 2.75) is 40.3 Å². The van der Waals surface area contributed by atoms with Gasteiger partial charge < -0.3 is 5.32 Å². The summed E-state index contributed by atoms with van der Waals surface area (Å²) in [5.41, 5.74) is 6.49. The molecule has 0 fully saturated rings. The molecule has 21 heavy (non-hydrogen) atoms. The van der Waals surface area contributed by atoms with Crippen molar-refractivity contribution in [2.24, 2.45) is 0 Å². The molecule has 1 nitrogen and oxygen atoms in total. The van der Waals surface area contributed by atoms with Crippen molar-refractivity contribution in [1.82, 2.24) is 5.32 Å². The summed E-state index contributed by atoms with van der Waals surface area (Å²) in [6.45, 7) is 9.45. The zero-order valence-electron chi connectivity index (χ0n) is 12.9. The van der Waals surface area contributed by atoms with Gasteiger partial charge in [0.2, 0.25) is 0 Å². The first-order chi connectivity index (χ1) is 9.88. The van der Waals surface area contributed by atoms with E-state index in [9.17, 15) is 0 Å². The van der Waals surface area contributed by atoms with Crippen LogP contribution in [-0.2, 0) is 6.54 Å². The fourth-order valence-electron chi connectivity index (χ4n) is 2.64. The molecule has 2 rings (SSSR count). The Morgan fingerprint density at radius 1 is 0.952 bits per heavy atom. The molecule has 2 aromatic carbocycles. The van der Waals surface area contributed by atoms with Crippen molar-refractivity contribution in [3.8, 4) is 0 Å². The first kappa shape index (κ1) is 16.4. The van der Waals surface area contributed by atoms with Crippen molar-refractivity contribution in [3.63, 3.8) is 0 Å². The Hall–Kier alpha value is -1.02. The molecule has 1 unspecified atom stereocenters. The van der Waals surface area contributed by atoms with E-state index in [1.165, 1.54) is 22.3 Å². The van der Waals surface area contributed by atoms with Crippen LogP contribution in [0.25, 0.3) is 0 Å². The summed E-state index contributed by atoms with van der Waals surface area (Å²) in [7, 11) is 0. The topological polar surface area (TPSA) is 12.0 Å². The molecule has 112 valence electrons. The second kappa shape index (κ2) is 6.83. The average molecular weight is 322 g/mol. The molecule has 0 saturated heterocycles. The SMILES string of the molecule is Cc1cc(C)c(CNC(C)c2ccc(Cl)c(Cl)c2)c(C)c1. The van der Waals surface area contributed by atoms with Crippen LogP contribution in [0, 0.1) is 20.8 Å². The Balaban J connectivity index is 2.11. The van der Waals surface area contributed by atoms with Gasteiger partial charge in [0, 0.05) is 12.6 Å². The van der Waals surface area contributed by atoms with Gasteiger partial charge in [0.25, 0.3) is 0 Å². The van der Waals surface area contributed by atoms with Crippen LogP contribution in [0.15, 0.2) is 30.3 Å². The minimum absolute atomic E-state index is 0.222. The number of rotatable bonds is 4. The summed E-state index contributed by atoms with van der Waals surface area (Å²) in [5, 5.41) is 4.76. The third-order valence-corrected chi connectivity index (χ3v) is 4.61. The lowest BCUT2D eigenvalue weighted by Crippen LogP contribution is -2.19. The Morgan fingerprint density at radius 2 is 1.57 bits per heavy atom. The lowest BCUT2D eigenvalue weighted by Gasteiger charge is -2.18. The molecule has 0 aromatic heterocycles. The third kappa shape index (κ3) is 4.00. The number of hydrogen-bond acceptors (Lipinski definition) is 1. The van der Waals surface area contributed by atoms with Gasteiger partial charge in [0.05, 0.1) is 10.0 Å². The maximum absolute atomic E-state index is 6.08. The van der Waals surface area contributed by atoms with E-state index in [1.807, 2.05) is 18.2 Å². The predicted octanol–water partition coefficient (Wildman–Crippen LogP) is 5.77. The molecule has 0 amide bonds. The molecule has 0 spiro atoms. The quantitative estimate of drug-likeness (QED) is 0.753. The van der Waals surface area contributed by atoms with E-state index in [4.69, 9.17) is 23.2 Å². The van der Waals surface area contributed by atoms with Crippen molar-refractivity contribution in [1.29, 1.82) is 0 Å². The van der Waals surface area contributed by atoms with E-state index in [2.05, 4.69) is 45.1 Å². The zero-order valence-corrected chi connectivity index (χ0v) is 14.4. The maximum Gasteiger partial charge on any atom is 0.0595 e. The Kier molecular flexibility index (Phi) is 5.32. The Morgan fingerprint density at radius 3 is 2.14 bits per heavy atom. The highest BCUT2D eigenvalue weighted by molar-refractivity contribution is 6.42. The molecule has 0 heterocycles. The van der Waals surface area contributed by atoms with E-state index in [0.29, 0.717) is 10.0 Å². The smallest absolute Gasteiger partial charge is 0.0595 e. The number of hydrogen-bond donors (Lipinski definition) is 1. The van der Waals surface area contributed by atoms with Gasteiger partial charge in [-0.05, 0) is 62.1 Å². The van der Waals surface area contributed by atoms with Gasteiger partial charge in [-0.15, -0.1) is 0 Å². The van der Waals surface area contributed by atoms with E-state index in [1.54, 1.807) is 0 Å². The predicted molar refractivity (Wildman–Crippen MR) is 92.4 cm³/mol. The van der Waals surface area contributed by atoms with Crippen molar-refractivity contribution in [2.75, 3.05) is 0 Å². The molecule has 0 aliphatic carbocycles. The van der Waals surface area contributed by atoms with Gasteiger partial charge in [-0.2, -0.15) is 0 Å². The van der Waals surface area contributed by atoms with Gasteiger partial charge in [-0.3, -0.25) is 0 Å². The zero-order chi connectivity index (χ0) is 15.6. The highest BCUT2D eigenvalue weighted by Crippen LogP contribution is 2.26. The van der Waals surface area contributed by atoms with Crippen LogP contribution in [-0.4, -0.2) is 0 Å². The summed E-state index contributed by atoms with van der Waals surface area (Å²) >= 11 is 12.0. The maximum atomic E-state index is 6.08. The fourth-order valence-corrected chi connectivity index (χ4v) is 2.95. The second-order valence-electron chi connectivity index (χ2n) is 5.65. The van der Waals surface area contributed by atoms with E-state index < -0.39 is 0 Å². The average Bonchev–Trinajstić information content (AvgIpc) is 2.40. The van der Waals surface area contributed by atoms with Crippen LogP contribution in [0.1, 0.15) is 40.8 Å². The van der Waals surface area contributed by atoms with Crippen LogP contribution < -0.4 is 5.32 Å². The van der Waals surface area contributed by atoms with E-state index in [0.717, 1.165) is 12.1 Å². The standard InChI is InChI=1S/C18H21Cl2N/c1-11-7-12(2)16(13(3)8-11)10-21-14(4)15-5-6-17(19)18(20)9-15/h5-9,14,21H,10H2,1-4H3. The van der Waals surface area contributed by atoms with Gasteiger partial charge in [0.1, 0.15) is 0 Å². The minimum Gasteiger partial charge on any atom is -0.306 e. The molecule has 0 radical (unpaired) electrons. The molecule has 0 aliphatic rings. The molecule has 1 N–H and O–H groups in total. The molecular formula is C18H21Cl2N. The van der Waals surface area contributed by atoms with Crippen LogP contribution in [0.3, 0.4) is 0 Å². The van der Waals surface area contributed by atoms with Crippen LogP contribution >= 0.6 is 23.2 Å². The molecule has 3 heteroatoms. The molecule has 2 aromatic rings. The van der Waals surface area contributed by atoms with Gasteiger partial charge >= 0.3 is 0 Å². The highest BCUT2D eigenvalue weighted by Gasteiger charge is 2.09. The second-order valence-corrected chi connectivity index (χ2v) is 6.47. The van der Waals surface area contributed by atoms with Crippen LogP contribution in [0.2, 0.25) is 10.0 Å². The first-order valence-corrected chi connectivity index (χ1v) is 7.89. The molecule has 1 atom stereocenters. The van der Waals surface area contributed by atoms with Gasteiger partial charge in [-0.1, -0.05) is 47.0 Å². The van der Waals surface area contributed by atoms with Crippen LogP contribution in [0.4, 0.5) is 0 Å². The van der Waals surface area contributed by atoms with Crippen molar-refractivity contribution < 1.29 is 0 Å². The number of benzene rings is 2. The van der Waals surface area contributed by atoms with Gasteiger partial charge in [-0.25, -0.2) is 0 Å². The minimum atomic E-state index is 0.222. The Labute approximate surface area is 137 Å². The highest BCUT2D eigenvalue weighted by atomic mass is 35.5. The number of aryl methyl sites for hydroxylation is 3. The largest absolute Gasteiger partial charge is 0.306 e. The van der Waals surface area contributed by atoms with Crippen LogP contribution in [0.5, 0.6) is 0 Å². The third-order valence-electron chi connectivity index (χ3n) is 3.87. The van der Waals surface area contributed by atoms with E-state index in [-0.39, 0.29) is 6.04 Å². The first-order valence-electron chi connectivity index (χ1n) is 7.13. The lowest BCUT2D eigenvalue weighted by atomic mass is 9.99. The molecule has 0 aliphatic heterocycles. The van der Waals surface area contributed by atoms with Gasteiger partial charge in [0.15, 0.2) is 0 Å². The summed E-state index contributed by atoms with van der Waals surface area (Å²) in [6.07, 6.45) is 0. The summed E-state index contributed by atoms with van der Waals surface area (Å²) in [5.74, 6) is 0. The van der Waals surface area contributed by atoms with E-state index >= 15 is 0 Å². The molecular weight excluding hydrogens is 301 g/mol.